The van der Waals surface area contributed by atoms with Crippen LogP contribution in [0.3, 0.4) is 0 Å². The van der Waals surface area contributed by atoms with Crippen LogP contribution >= 0.6 is 0 Å². The number of aliphatic hydroxyl groups is 1. The molecule has 30 heavy (non-hydrogen) atoms. The quantitative estimate of drug-likeness (QED) is 0.471. The molecule has 1 unspecified atom stereocenters. The number of nitrogens with one attached hydrogen (secondary N) is 1. The molecule has 146 valence electrons. The summed E-state index contributed by atoms with van der Waals surface area (Å²) < 4.78 is 0. The number of H-pyrrole nitrogens is 1. The van der Waals surface area contributed by atoms with Crippen LogP contribution in [0.2, 0.25) is 0 Å². The van der Waals surface area contributed by atoms with E-state index in [1.807, 2.05) is 60.7 Å². The summed E-state index contributed by atoms with van der Waals surface area (Å²) in [5.41, 5.74) is 0.931. The first kappa shape index (κ1) is 18.3. The van der Waals surface area contributed by atoms with Crippen molar-refractivity contribution in [3.63, 3.8) is 0 Å². The standard InChI is InChI=1S/C26H20N2O2/c29-25-11-5-10-23(28-25)26(30,24-15-14-20-7-3-4-9-22(20)27-24)17-18-12-13-19-6-1-2-8-21(19)16-18/h1-16,30H,17H2,(H,28,29). The third-order valence-electron chi connectivity index (χ3n) is 5.51. The molecular weight excluding hydrogens is 372 g/mol. The Morgan fingerprint density at radius 2 is 1.50 bits per heavy atom. The maximum Gasteiger partial charge on any atom is 0.248 e. The minimum atomic E-state index is -1.48. The number of fused-ring (bicyclic) bond motifs is 2. The number of pyridine rings is 2. The lowest BCUT2D eigenvalue weighted by Gasteiger charge is -2.28. The van der Waals surface area contributed by atoms with Gasteiger partial charge in [0.25, 0.3) is 0 Å². The fraction of sp³-hybridized carbons (Fsp3) is 0.0769. The third-order valence-corrected chi connectivity index (χ3v) is 5.51. The predicted octanol–water partition coefficient (Wildman–Crippen LogP) is 4.55. The van der Waals surface area contributed by atoms with E-state index in [1.165, 1.54) is 6.07 Å². The lowest BCUT2D eigenvalue weighted by atomic mass is 9.86. The molecule has 0 saturated carbocycles. The maximum atomic E-state index is 12.0. The minimum absolute atomic E-state index is 0.259. The van der Waals surface area contributed by atoms with Crippen LogP contribution in [0.25, 0.3) is 21.7 Å². The van der Waals surface area contributed by atoms with Gasteiger partial charge >= 0.3 is 0 Å². The van der Waals surface area contributed by atoms with E-state index in [2.05, 4.69) is 23.2 Å². The summed E-state index contributed by atoms with van der Waals surface area (Å²) in [6.07, 6.45) is 0.281. The second-order valence-electron chi connectivity index (χ2n) is 7.54. The first-order valence-corrected chi connectivity index (χ1v) is 9.88. The van der Waals surface area contributed by atoms with Crippen LogP contribution in [0.4, 0.5) is 0 Å². The molecular formula is C26H20N2O2. The van der Waals surface area contributed by atoms with Gasteiger partial charge in [-0.3, -0.25) is 4.79 Å². The Morgan fingerprint density at radius 1 is 0.767 bits per heavy atom. The van der Waals surface area contributed by atoms with E-state index < -0.39 is 5.60 Å². The van der Waals surface area contributed by atoms with Gasteiger partial charge in [-0.05, 0) is 34.5 Å². The Labute approximate surface area is 173 Å². The van der Waals surface area contributed by atoms with Gasteiger partial charge in [-0.1, -0.05) is 72.8 Å². The van der Waals surface area contributed by atoms with E-state index in [1.54, 1.807) is 12.1 Å². The summed E-state index contributed by atoms with van der Waals surface area (Å²) >= 11 is 0. The van der Waals surface area contributed by atoms with E-state index >= 15 is 0 Å². The first-order valence-electron chi connectivity index (χ1n) is 9.88. The van der Waals surface area contributed by atoms with Gasteiger partial charge in [-0.15, -0.1) is 0 Å². The van der Waals surface area contributed by atoms with Gasteiger partial charge in [0.2, 0.25) is 5.56 Å². The van der Waals surface area contributed by atoms with Crippen LogP contribution in [0.1, 0.15) is 17.0 Å². The molecule has 1 atom stereocenters. The lowest BCUT2D eigenvalue weighted by Crippen LogP contribution is -2.34. The van der Waals surface area contributed by atoms with Crippen LogP contribution in [-0.4, -0.2) is 15.1 Å². The zero-order valence-corrected chi connectivity index (χ0v) is 16.2. The van der Waals surface area contributed by atoms with Gasteiger partial charge in [-0.25, -0.2) is 4.98 Å². The fourth-order valence-electron chi connectivity index (χ4n) is 3.95. The van der Waals surface area contributed by atoms with E-state index in [-0.39, 0.29) is 12.0 Å². The second kappa shape index (κ2) is 7.25. The van der Waals surface area contributed by atoms with Gasteiger partial charge in [0.1, 0.15) is 0 Å². The highest BCUT2D eigenvalue weighted by Crippen LogP contribution is 2.32. The Bertz CT molecular complexity index is 1420. The van der Waals surface area contributed by atoms with Crippen molar-refractivity contribution in [3.05, 3.63) is 124 Å². The Balaban J connectivity index is 1.67. The molecule has 0 fully saturated rings. The molecule has 0 spiro atoms. The molecule has 0 radical (unpaired) electrons. The lowest BCUT2D eigenvalue weighted by molar-refractivity contribution is 0.0720. The van der Waals surface area contributed by atoms with Gasteiger partial charge in [0.15, 0.2) is 5.60 Å². The summed E-state index contributed by atoms with van der Waals surface area (Å²) in [5, 5.41) is 15.2. The van der Waals surface area contributed by atoms with Crippen LogP contribution in [0, 0.1) is 0 Å². The summed E-state index contributed by atoms with van der Waals surface area (Å²) in [5.74, 6) is 0. The summed E-state index contributed by atoms with van der Waals surface area (Å²) in [6, 6.07) is 30.6. The van der Waals surface area contributed by atoms with Crippen LogP contribution in [0.15, 0.2) is 102 Å². The average molecular weight is 392 g/mol. The van der Waals surface area contributed by atoms with E-state index in [0.717, 1.165) is 27.2 Å². The van der Waals surface area contributed by atoms with E-state index in [4.69, 9.17) is 4.98 Å². The molecule has 4 heteroatoms. The molecule has 2 heterocycles. The van der Waals surface area contributed by atoms with Crippen molar-refractivity contribution < 1.29 is 5.11 Å². The minimum Gasteiger partial charge on any atom is -0.377 e. The monoisotopic (exact) mass is 392 g/mol. The number of aromatic amines is 1. The summed E-state index contributed by atoms with van der Waals surface area (Å²) in [4.78, 5) is 19.6. The number of para-hydroxylation sites is 1. The molecule has 3 aromatic carbocycles. The first-order chi connectivity index (χ1) is 14.6. The number of hydrogen-bond acceptors (Lipinski definition) is 3. The number of benzene rings is 3. The van der Waals surface area contributed by atoms with E-state index in [9.17, 15) is 9.90 Å². The van der Waals surface area contributed by atoms with Crippen LogP contribution in [0.5, 0.6) is 0 Å². The zero-order chi connectivity index (χ0) is 20.6. The highest BCUT2D eigenvalue weighted by Gasteiger charge is 2.34. The van der Waals surface area contributed by atoms with Crippen molar-refractivity contribution in [2.24, 2.45) is 0 Å². The molecule has 4 nitrogen and oxygen atoms in total. The fourth-order valence-corrected chi connectivity index (χ4v) is 3.95. The number of aromatic nitrogens is 2. The smallest absolute Gasteiger partial charge is 0.248 e. The molecule has 0 bridgehead atoms. The van der Waals surface area contributed by atoms with Crippen LogP contribution < -0.4 is 5.56 Å². The molecule has 2 N–H and O–H groups in total. The Morgan fingerprint density at radius 3 is 2.33 bits per heavy atom. The largest absolute Gasteiger partial charge is 0.377 e. The summed E-state index contributed by atoms with van der Waals surface area (Å²) in [7, 11) is 0. The Hall–Kier alpha value is -3.76. The molecule has 2 aromatic heterocycles. The topological polar surface area (TPSA) is 66.0 Å². The van der Waals surface area contributed by atoms with Crippen molar-refractivity contribution in [1.29, 1.82) is 0 Å². The van der Waals surface area contributed by atoms with E-state index in [0.29, 0.717) is 11.4 Å². The van der Waals surface area contributed by atoms with Crippen molar-refractivity contribution >= 4 is 21.7 Å². The maximum absolute atomic E-state index is 12.0. The van der Waals surface area contributed by atoms with Gasteiger partial charge in [0.05, 0.1) is 16.9 Å². The molecule has 0 saturated heterocycles. The van der Waals surface area contributed by atoms with Crippen molar-refractivity contribution in [3.8, 4) is 0 Å². The molecule has 5 aromatic rings. The van der Waals surface area contributed by atoms with Gasteiger partial charge in [-0.2, -0.15) is 0 Å². The molecule has 0 aliphatic carbocycles. The predicted molar refractivity (Wildman–Crippen MR) is 119 cm³/mol. The molecule has 0 aliphatic rings. The average Bonchev–Trinajstić information content (AvgIpc) is 2.78. The molecule has 0 aliphatic heterocycles. The van der Waals surface area contributed by atoms with Crippen molar-refractivity contribution in [2.75, 3.05) is 0 Å². The highest BCUT2D eigenvalue weighted by molar-refractivity contribution is 5.83. The molecule has 5 rings (SSSR count). The zero-order valence-electron chi connectivity index (χ0n) is 16.2. The van der Waals surface area contributed by atoms with Crippen LogP contribution in [-0.2, 0) is 12.0 Å². The SMILES string of the molecule is O=c1cccc(C(O)(Cc2ccc3ccccc3c2)c2ccc3ccccc3n2)[nH]1. The van der Waals surface area contributed by atoms with Gasteiger partial charge in [0, 0.05) is 17.9 Å². The summed E-state index contributed by atoms with van der Waals surface area (Å²) in [6.45, 7) is 0. The number of nitrogens with zero attached hydrogens (tertiary/aromatic N) is 1. The normalized spacial score (nSPS) is 13.4. The van der Waals surface area contributed by atoms with Crippen molar-refractivity contribution in [2.45, 2.75) is 12.0 Å². The van der Waals surface area contributed by atoms with Crippen molar-refractivity contribution in [1.82, 2.24) is 9.97 Å². The van der Waals surface area contributed by atoms with Gasteiger partial charge < -0.3 is 10.1 Å². The number of hydrogen-bond donors (Lipinski definition) is 2. The Kier molecular flexibility index (Phi) is 4.42. The number of rotatable bonds is 4. The second-order valence-corrected chi connectivity index (χ2v) is 7.54. The highest BCUT2D eigenvalue weighted by atomic mass is 16.3. The molecule has 0 amide bonds. The third kappa shape index (κ3) is 3.27.